The number of nitrogens with zero attached hydrogens (tertiary/aromatic N) is 2. The van der Waals surface area contributed by atoms with Crippen molar-refractivity contribution in [1.82, 2.24) is 15.2 Å². The molecule has 21 heavy (non-hydrogen) atoms. The van der Waals surface area contributed by atoms with E-state index in [1.807, 2.05) is 0 Å². The first kappa shape index (κ1) is 13.2. The van der Waals surface area contributed by atoms with E-state index >= 15 is 0 Å². The first-order valence-electron chi connectivity index (χ1n) is 8.19. The molecule has 2 fully saturated rings. The van der Waals surface area contributed by atoms with Gasteiger partial charge in [-0.1, -0.05) is 24.3 Å². The third-order valence-electron chi connectivity index (χ3n) is 5.02. The van der Waals surface area contributed by atoms with E-state index in [9.17, 15) is 0 Å². The molecule has 0 radical (unpaired) electrons. The molecular weight excluding hydrogens is 258 g/mol. The number of para-hydroxylation sites is 1. The van der Waals surface area contributed by atoms with Gasteiger partial charge < -0.3 is 5.32 Å². The SMILES string of the molecule is c1ccc2nc(CN3CCC4NCCCC4C3)ccc2c1. The summed E-state index contributed by atoms with van der Waals surface area (Å²) in [5.74, 6) is 0.841. The lowest BCUT2D eigenvalue weighted by Crippen LogP contribution is -2.51. The molecular formula is C18H23N3. The van der Waals surface area contributed by atoms with Crippen LogP contribution >= 0.6 is 0 Å². The molecule has 3 nitrogen and oxygen atoms in total. The van der Waals surface area contributed by atoms with E-state index in [4.69, 9.17) is 4.98 Å². The van der Waals surface area contributed by atoms with Crippen molar-refractivity contribution in [3.63, 3.8) is 0 Å². The Balaban J connectivity index is 1.47. The molecule has 1 aromatic carbocycles. The van der Waals surface area contributed by atoms with Gasteiger partial charge in [0.2, 0.25) is 0 Å². The number of pyridine rings is 1. The molecule has 1 aromatic heterocycles. The number of benzene rings is 1. The molecule has 2 aliphatic heterocycles. The van der Waals surface area contributed by atoms with E-state index in [1.54, 1.807) is 0 Å². The maximum Gasteiger partial charge on any atom is 0.0705 e. The van der Waals surface area contributed by atoms with Gasteiger partial charge in [0, 0.05) is 31.1 Å². The van der Waals surface area contributed by atoms with Gasteiger partial charge in [0.1, 0.15) is 0 Å². The van der Waals surface area contributed by atoms with E-state index in [0.29, 0.717) is 0 Å². The van der Waals surface area contributed by atoms with Crippen LogP contribution in [-0.2, 0) is 6.54 Å². The van der Waals surface area contributed by atoms with Gasteiger partial charge in [-0.05, 0) is 43.9 Å². The Morgan fingerprint density at radius 1 is 1.14 bits per heavy atom. The van der Waals surface area contributed by atoms with Crippen molar-refractivity contribution in [2.45, 2.75) is 31.8 Å². The molecule has 3 heterocycles. The second kappa shape index (κ2) is 5.74. The topological polar surface area (TPSA) is 28.2 Å². The monoisotopic (exact) mass is 281 g/mol. The number of hydrogen-bond donors (Lipinski definition) is 1. The normalized spacial score (nSPS) is 26.7. The molecule has 0 saturated carbocycles. The highest BCUT2D eigenvalue weighted by atomic mass is 15.2. The van der Waals surface area contributed by atoms with Crippen LogP contribution < -0.4 is 5.32 Å². The van der Waals surface area contributed by atoms with E-state index < -0.39 is 0 Å². The summed E-state index contributed by atoms with van der Waals surface area (Å²) in [5.41, 5.74) is 2.32. The van der Waals surface area contributed by atoms with Gasteiger partial charge in [-0.25, -0.2) is 0 Å². The minimum absolute atomic E-state index is 0.763. The van der Waals surface area contributed by atoms with Crippen LogP contribution in [0.2, 0.25) is 0 Å². The Morgan fingerprint density at radius 2 is 2.10 bits per heavy atom. The molecule has 2 aliphatic rings. The smallest absolute Gasteiger partial charge is 0.0705 e. The van der Waals surface area contributed by atoms with Gasteiger partial charge in [0.25, 0.3) is 0 Å². The molecule has 2 atom stereocenters. The Kier molecular flexibility index (Phi) is 3.62. The summed E-state index contributed by atoms with van der Waals surface area (Å²) in [7, 11) is 0. The maximum atomic E-state index is 4.82. The van der Waals surface area contributed by atoms with Crippen LogP contribution in [0.3, 0.4) is 0 Å². The van der Waals surface area contributed by atoms with Gasteiger partial charge in [-0.3, -0.25) is 9.88 Å². The van der Waals surface area contributed by atoms with Crippen LogP contribution in [0.4, 0.5) is 0 Å². The van der Waals surface area contributed by atoms with Crippen LogP contribution in [-0.4, -0.2) is 35.6 Å². The van der Waals surface area contributed by atoms with Crippen LogP contribution in [0.25, 0.3) is 10.9 Å². The molecule has 0 aliphatic carbocycles. The average molecular weight is 281 g/mol. The fraction of sp³-hybridized carbons (Fsp3) is 0.500. The molecule has 3 heteroatoms. The highest BCUT2D eigenvalue weighted by Crippen LogP contribution is 2.25. The van der Waals surface area contributed by atoms with Gasteiger partial charge in [0.05, 0.1) is 11.2 Å². The standard InChI is InChI=1S/C18H23N3/c1-2-6-18-14(4-1)7-8-16(20-18)13-21-11-9-17-15(12-21)5-3-10-19-17/h1-2,4,6-8,15,17,19H,3,5,9-13H2. The first-order chi connectivity index (χ1) is 10.4. The molecule has 0 bridgehead atoms. The van der Waals surface area contributed by atoms with Crippen molar-refractivity contribution in [2.75, 3.05) is 19.6 Å². The zero-order valence-corrected chi connectivity index (χ0v) is 12.5. The fourth-order valence-corrected chi connectivity index (χ4v) is 3.89. The summed E-state index contributed by atoms with van der Waals surface area (Å²) in [5, 5.41) is 4.92. The van der Waals surface area contributed by atoms with Crippen molar-refractivity contribution in [1.29, 1.82) is 0 Å². The van der Waals surface area contributed by atoms with E-state index in [1.165, 1.54) is 50.0 Å². The highest BCUT2D eigenvalue weighted by molar-refractivity contribution is 5.78. The number of nitrogens with one attached hydrogen (secondary N) is 1. The Morgan fingerprint density at radius 3 is 3.10 bits per heavy atom. The fourth-order valence-electron chi connectivity index (χ4n) is 3.89. The minimum atomic E-state index is 0.763. The van der Waals surface area contributed by atoms with Gasteiger partial charge in [-0.15, -0.1) is 0 Å². The Hall–Kier alpha value is -1.45. The summed E-state index contributed by atoms with van der Waals surface area (Å²) >= 11 is 0. The molecule has 110 valence electrons. The molecule has 0 amide bonds. The van der Waals surface area contributed by atoms with Gasteiger partial charge in [-0.2, -0.15) is 0 Å². The molecule has 2 saturated heterocycles. The second-order valence-electron chi connectivity index (χ2n) is 6.48. The lowest BCUT2D eigenvalue weighted by Gasteiger charge is -2.41. The van der Waals surface area contributed by atoms with E-state index in [-0.39, 0.29) is 0 Å². The van der Waals surface area contributed by atoms with Crippen LogP contribution in [0.15, 0.2) is 36.4 Å². The lowest BCUT2D eigenvalue weighted by molar-refractivity contribution is 0.108. The van der Waals surface area contributed by atoms with Gasteiger partial charge in [0.15, 0.2) is 0 Å². The molecule has 0 spiro atoms. The summed E-state index contributed by atoms with van der Waals surface area (Å²) < 4.78 is 0. The van der Waals surface area contributed by atoms with Crippen molar-refractivity contribution >= 4 is 10.9 Å². The number of likely N-dealkylation sites (tertiary alicyclic amines) is 1. The van der Waals surface area contributed by atoms with Crippen LogP contribution in [0, 0.1) is 5.92 Å². The molecule has 1 N–H and O–H groups in total. The highest BCUT2D eigenvalue weighted by Gasteiger charge is 2.30. The van der Waals surface area contributed by atoms with Crippen LogP contribution in [0.1, 0.15) is 25.0 Å². The van der Waals surface area contributed by atoms with Crippen molar-refractivity contribution < 1.29 is 0 Å². The zero-order valence-electron chi connectivity index (χ0n) is 12.5. The first-order valence-corrected chi connectivity index (χ1v) is 8.19. The molecule has 4 rings (SSSR count). The third-order valence-corrected chi connectivity index (χ3v) is 5.02. The second-order valence-corrected chi connectivity index (χ2v) is 6.48. The quantitative estimate of drug-likeness (QED) is 0.917. The average Bonchev–Trinajstić information content (AvgIpc) is 2.55. The number of piperidine rings is 2. The van der Waals surface area contributed by atoms with Crippen molar-refractivity contribution in [3.8, 4) is 0 Å². The third kappa shape index (κ3) is 2.81. The predicted octanol–water partition coefficient (Wildman–Crippen LogP) is 2.81. The maximum absolute atomic E-state index is 4.82. The number of fused-ring (bicyclic) bond motifs is 2. The van der Waals surface area contributed by atoms with Crippen molar-refractivity contribution in [3.05, 3.63) is 42.1 Å². The summed E-state index contributed by atoms with van der Waals surface area (Å²) in [6.45, 7) is 4.64. The van der Waals surface area contributed by atoms with E-state index in [0.717, 1.165) is 24.0 Å². The van der Waals surface area contributed by atoms with Crippen LogP contribution in [0.5, 0.6) is 0 Å². The van der Waals surface area contributed by atoms with Crippen molar-refractivity contribution in [2.24, 2.45) is 5.92 Å². The Labute approximate surface area is 126 Å². The number of aromatic nitrogens is 1. The van der Waals surface area contributed by atoms with Gasteiger partial charge >= 0.3 is 0 Å². The summed E-state index contributed by atoms with van der Waals surface area (Å²) in [4.78, 5) is 7.40. The molecule has 2 unspecified atom stereocenters. The summed E-state index contributed by atoms with van der Waals surface area (Å²) in [6, 6.07) is 13.5. The largest absolute Gasteiger partial charge is 0.314 e. The number of hydrogen-bond acceptors (Lipinski definition) is 3. The lowest BCUT2D eigenvalue weighted by atomic mass is 9.85. The summed E-state index contributed by atoms with van der Waals surface area (Å²) in [6.07, 6.45) is 4.01. The minimum Gasteiger partial charge on any atom is -0.314 e. The Bertz CT molecular complexity index is 625. The zero-order chi connectivity index (χ0) is 14.1. The number of rotatable bonds is 2. The van der Waals surface area contributed by atoms with E-state index in [2.05, 4.69) is 46.6 Å². The molecule has 2 aromatic rings. The predicted molar refractivity (Wildman–Crippen MR) is 86.2 cm³/mol.